The zero-order chi connectivity index (χ0) is 10.6. The number of hydrogen-bond acceptors (Lipinski definition) is 1. The summed E-state index contributed by atoms with van der Waals surface area (Å²) in [7, 11) is 0. The van der Waals surface area contributed by atoms with Gasteiger partial charge in [-0.1, -0.05) is 18.2 Å². The second-order valence-electron chi connectivity index (χ2n) is 2.79. The zero-order valence-corrected chi connectivity index (χ0v) is 10.1. The molecular formula is C9H14BrN5. The van der Waals surface area contributed by atoms with Gasteiger partial charge in [-0.15, -0.1) is 17.0 Å². The van der Waals surface area contributed by atoms with Gasteiger partial charge < -0.3 is 17.2 Å². The molecule has 6 heteroatoms. The van der Waals surface area contributed by atoms with Crippen LogP contribution in [-0.2, 0) is 0 Å². The van der Waals surface area contributed by atoms with Gasteiger partial charge in [-0.2, -0.15) is 4.99 Å². The van der Waals surface area contributed by atoms with E-state index < -0.39 is 0 Å². The monoisotopic (exact) mass is 271 g/mol. The van der Waals surface area contributed by atoms with Gasteiger partial charge in [0.2, 0.25) is 5.96 Å². The normalized spacial score (nSPS) is 10.3. The van der Waals surface area contributed by atoms with Crippen molar-refractivity contribution < 1.29 is 0 Å². The molecule has 0 aliphatic carbocycles. The molecule has 1 rings (SSSR count). The summed E-state index contributed by atoms with van der Waals surface area (Å²) in [6, 6.07) is 7.56. The van der Waals surface area contributed by atoms with Gasteiger partial charge in [0.05, 0.1) is 5.69 Å². The number of nitrogens with two attached hydrogens (primary N) is 3. The molecular weight excluding hydrogens is 258 g/mol. The summed E-state index contributed by atoms with van der Waals surface area (Å²) in [4.78, 5) is 7.66. The predicted molar refractivity (Wildman–Crippen MR) is 68.6 cm³/mol. The molecule has 0 fully saturated rings. The van der Waals surface area contributed by atoms with E-state index in [1.54, 1.807) is 0 Å². The van der Waals surface area contributed by atoms with Crippen molar-refractivity contribution in [3.63, 3.8) is 0 Å². The smallest absolute Gasteiger partial charge is 0.223 e. The number of rotatable bonds is 1. The summed E-state index contributed by atoms with van der Waals surface area (Å²) in [5.74, 6) is -0.0425. The third kappa shape index (κ3) is 4.46. The standard InChI is InChI=1S/C9H13N5.BrH/c1-6-4-2-3-5-7(6)13-9(12)14-8(10)11;/h2-5H,1H3,(H6,10,11,12,13,14);1H. The number of aryl methyl sites for hydroxylation is 1. The first-order chi connectivity index (χ1) is 6.59. The van der Waals surface area contributed by atoms with Crippen molar-refractivity contribution in [2.75, 3.05) is 0 Å². The molecule has 0 aliphatic rings. The van der Waals surface area contributed by atoms with Crippen molar-refractivity contribution >= 4 is 34.6 Å². The van der Waals surface area contributed by atoms with Gasteiger partial charge >= 0.3 is 0 Å². The molecule has 0 atom stereocenters. The molecule has 0 amide bonds. The fourth-order valence-corrected chi connectivity index (χ4v) is 0.970. The van der Waals surface area contributed by atoms with Crippen molar-refractivity contribution in [2.24, 2.45) is 27.2 Å². The largest absolute Gasteiger partial charge is 0.370 e. The quantitative estimate of drug-likeness (QED) is 0.520. The number of benzene rings is 1. The maximum absolute atomic E-state index is 5.48. The predicted octanol–water partition coefficient (Wildman–Crippen LogP) is 0.793. The molecule has 1 aromatic rings. The Kier molecular flexibility index (Phi) is 5.40. The lowest BCUT2D eigenvalue weighted by molar-refractivity contribution is 1.34. The number of hydrogen-bond donors (Lipinski definition) is 3. The Morgan fingerprint density at radius 1 is 1.13 bits per heavy atom. The molecule has 5 nitrogen and oxygen atoms in total. The Labute approximate surface area is 98.8 Å². The van der Waals surface area contributed by atoms with E-state index in [-0.39, 0.29) is 28.9 Å². The maximum Gasteiger partial charge on any atom is 0.223 e. The van der Waals surface area contributed by atoms with E-state index >= 15 is 0 Å². The van der Waals surface area contributed by atoms with Crippen LogP contribution in [0.2, 0.25) is 0 Å². The maximum atomic E-state index is 5.48. The van der Waals surface area contributed by atoms with Gasteiger partial charge in [0, 0.05) is 0 Å². The summed E-state index contributed by atoms with van der Waals surface area (Å²) in [6.07, 6.45) is 0. The third-order valence-corrected chi connectivity index (χ3v) is 1.59. The molecule has 0 spiro atoms. The van der Waals surface area contributed by atoms with Crippen LogP contribution in [0.25, 0.3) is 0 Å². The van der Waals surface area contributed by atoms with Crippen molar-refractivity contribution in [3.05, 3.63) is 29.8 Å². The SMILES string of the molecule is Br.Cc1ccccc1N=C(N)N=C(N)N. The average molecular weight is 272 g/mol. The number of guanidine groups is 2. The molecule has 0 saturated carbocycles. The minimum atomic E-state index is -0.0974. The molecule has 0 radical (unpaired) electrons. The van der Waals surface area contributed by atoms with Crippen LogP contribution in [0.5, 0.6) is 0 Å². The van der Waals surface area contributed by atoms with Gasteiger partial charge in [-0.3, -0.25) is 0 Å². The molecule has 0 bridgehead atoms. The Balaban J connectivity index is 0.00000196. The zero-order valence-electron chi connectivity index (χ0n) is 8.34. The Morgan fingerprint density at radius 3 is 2.27 bits per heavy atom. The van der Waals surface area contributed by atoms with Crippen molar-refractivity contribution in [1.82, 2.24) is 0 Å². The number of aliphatic imine (C=N–C) groups is 2. The molecule has 0 saturated heterocycles. The van der Waals surface area contributed by atoms with Crippen LogP contribution in [0.1, 0.15) is 5.56 Å². The van der Waals surface area contributed by atoms with E-state index in [1.807, 2.05) is 31.2 Å². The van der Waals surface area contributed by atoms with E-state index in [9.17, 15) is 0 Å². The molecule has 82 valence electrons. The van der Waals surface area contributed by atoms with E-state index in [0.717, 1.165) is 11.3 Å². The number of nitrogens with zero attached hydrogens (tertiary/aromatic N) is 2. The Hall–Kier alpha value is -1.56. The van der Waals surface area contributed by atoms with Crippen molar-refractivity contribution in [3.8, 4) is 0 Å². The first-order valence-corrected chi connectivity index (χ1v) is 4.09. The average Bonchev–Trinajstić information content (AvgIpc) is 2.07. The number of para-hydroxylation sites is 1. The van der Waals surface area contributed by atoms with Gasteiger partial charge in [0.15, 0.2) is 5.96 Å². The highest BCUT2D eigenvalue weighted by Gasteiger charge is 1.95. The van der Waals surface area contributed by atoms with Crippen LogP contribution in [0, 0.1) is 6.92 Å². The van der Waals surface area contributed by atoms with Gasteiger partial charge in [-0.25, -0.2) is 4.99 Å². The van der Waals surface area contributed by atoms with Crippen LogP contribution in [0.15, 0.2) is 34.3 Å². The lowest BCUT2D eigenvalue weighted by Crippen LogP contribution is -2.26. The highest BCUT2D eigenvalue weighted by Crippen LogP contribution is 2.16. The summed E-state index contributed by atoms with van der Waals surface area (Å²) < 4.78 is 0. The summed E-state index contributed by atoms with van der Waals surface area (Å²) in [6.45, 7) is 1.93. The van der Waals surface area contributed by atoms with Crippen LogP contribution in [0.4, 0.5) is 5.69 Å². The van der Waals surface area contributed by atoms with E-state index in [4.69, 9.17) is 17.2 Å². The lowest BCUT2D eigenvalue weighted by Gasteiger charge is -1.99. The molecule has 6 N–H and O–H groups in total. The number of halogens is 1. The first kappa shape index (κ1) is 13.4. The third-order valence-electron chi connectivity index (χ3n) is 1.59. The molecule has 0 heterocycles. The summed E-state index contributed by atoms with van der Waals surface area (Å²) in [5.41, 5.74) is 17.6. The fraction of sp³-hybridized carbons (Fsp3) is 0.111. The minimum absolute atomic E-state index is 0. The van der Waals surface area contributed by atoms with Gasteiger partial charge in [0.1, 0.15) is 0 Å². The van der Waals surface area contributed by atoms with E-state index in [0.29, 0.717) is 0 Å². The van der Waals surface area contributed by atoms with E-state index in [1.165, 1.54) is 0 Å². The molecule has 0 aliphatic heterocycles. The van der Waals surface area contributed by atoms with Gasteiger partial charge in [0.25, 0.3) is 0 Å². The summed E-state index contributed by atoms with van der Waals surface area (Å²) in [5, 5.41) is 0. The molecule has 1 aromatic carbocycles. The minimum Gasteiger partial charge on any atom is -0.370 e. The van der Waals surface area contributed by atoms with Crippen LogP contribution >= 0.6 is 17.0 Å². The Morgan fingerprint density at radius 2 is 1.73 bits per heavy atom. The lowest BCUT2D eigenvalue weighted by atomic mass is 10.2. The molecule has 0 unspecified atom stereocenters. The van der Waals surface area contributed by atoms with Crippen LogP contribution < -0.4 is 17.2 Å². The first-order valence-electron chi connectivity index (χ1n) is 4.09. The highest BCUT2D eigenvalue weighted by atomic mass is 79.9. The second kappa shape index (κ2) is 6.02. The van der Waals surface area contributed by atoms with Crippen molar-refractivity contribution in [2.45, 2.75) is 6.92 Å². The van der Waals surface area contributed by atoms with Gasteiger partial charge in [-0.05, 0) is 18.6 Å². The molecule has 15 heavy (non-hydrogen) atoms. The van der Waals surface area contributed by atoms with Crippen molar-refractivity contribution in [1.29, 1.82) is 0 Å². The summed E-state index contributed by atoms with van der Waals surface area (Å²) >= 11 is 0. The topological polar surface area (TPSA) is 103 Å². The Bertz CT molecular complexity index is 382. The second-order valence-corrected chi connectivity index (χ2v) is 2.79. The van der Waals surface area contributed by atoms with Crippen LogP contribution in [-0.4, -0.2) is 11.9 Å². The van der Waals surface area contributed by atoms with E-state index in [2.05, 4.69) is 9.98 Å². The fourth-order valence-electron chi connectivity index (χ4n) is 0.970. The molecule has 0 aromatic heterocycles. The van der Waals surface area contributed by atoms with Crippen LogP contribution in [0.3, 0.4) is 0 Å². The highest BCUT2D eigenvalue weighted by molar-refractivity contribution is 8.93.